The minimum absolute atomic E-state index is 0.0726. The smallest absolute Gasteiger partial charge is 0.260 e. The van der Waals surface area contributed by atoms with Gasteiger partial charge in [0.05, 0.1) is 5.56 Å². The van der Waals surface area contributed by atoms with Crippen molar-refractivity contribution in [3.8, 4) is 11.5 Å². The molecule has 88 valence electrons. The SMILES string of the molecule is Cc1cc(NC(=O)c2ccc(O)cc2O)n[nH]1. The molecule has 0 unspecified atom stereocenters. The Morgan fingerprint density at radius 1 is 1.35 bits per heavy atom. The van der Waals surface area contributed by atoms with Crippen LogP contribution in [-0.2, 0) is 0 Å². The van der Waals surface area contributed by atoms with Gasteiger partial charge in [-0.25, -0.2) is 0 Å². The highest BCUT2D eigenvalue weighted by Crippen LogP contribution is 2.23. The maximum Gasteiger partial charge on any atom is 0.260 e. The lowest BCUT2D eigenvalue weighted by molar-refractivity contribution is 0.102. The fourth-order valence-electron chi connectivity index (χ4n) is 1.38. The van der Waals surface area contributed by atoms with Crippen LogP contribution in [0.3, 0.4) is 0 Å². The average molecular weight is 233 g/mol. The van der Waals surface area contributed by atoms with E-state index in [0.717, 1.165) is 11.8 Å². The number of carbonyl (C=O) groups excluding carboxylic acids is 1. The van der Waals surface area contributed by atoms with Crippen LogP contribution in [0.1, 0.15) is 16.1 Å². The molecule has 0 fully saturated rings. The number of hydrogen-bond acceptors (Lipinski definition) is 4. The van der Waals surface area contributed by atoms with Gasteiger partial charge in [0.25, 0.3) is 5.91 Å². The van der Waals surface area contributed by atoms with E-state index < -0.39 is 5.91 Å². The molecule has 1 aromatic carbocycles. The number of nitrogens with one attached hydrogen (secondary N) is 2. The van der Waals surface area contributed by atoms with Gasteiger partial charge in [0.1, 0.15) is 11.5 Å². The number of nitrogens with zero attached hydrogens (tertiary/aromatic N) is 1. The quantitative estimate of drug-likeness (QED) is 0.629. The lowest BCUT2D eigenvalue weighted by Crippen LogP contribution is -2.12. The van der Waals surface area contributed by atoms with Gasteiger partial charge in [-0.3, -0.25) is 9.89 Å². The topological polar surface area (TPSA) is 98.2 Å². The van der Waals surface area contributed by atoms with Gasteiger partial charge in [0.15, 0.2) is 5.82 Å². The van der Waals surface area contributed by atoms with Crippen LogP contribution < -0.4 is 5.32 Å². The Labute approximate surface area is 96.9 Å². The number of H-pyrrole nitrogens is 1. The summed E-state index contributed by atoms with van der Waals surface area (Å²) in [4.78, 5) is 11.7. The Bertz CT molecular complexity index is 563. The maximum absolute atomic E-state index is 11.7. The van der Waals surface area contributed by atoms with E-state index in [-0.39, 0.29) is 17.1 Å². The molecule has 0 aliphatic rings. The number of benzene rings is 1. The number of aromatic hydroxyl groups is 2. The predicted molar refractivity (Wildman–Crippen MR) is 61.0 cm³/mol. The number of amides is 1. The van der Waals surface area contributed by atoms with Gasteiger partial charge in [-0.2, -0.15) is 5.10 Å². The van der Waals surface area contributed by atoms with Gasteiger partial charge in [-0.1, -0.05) is 0 Å². The minimum Gasteiger partial charge on any atom is -0.508 e. The second-order valence-corrected chi connectivity index (χ2v) is 3.59. The molecule has 1 amide bonds. The largest absolute Gasteiger partial charge is 0.508 e. The molecule has 6 nitrogen and oxygen atoms in total. The molecule has 0 aliphatic heterocycles. The van der Waals surface area contributed by atoms with Crippen molar-refractivity contribution >= 4 is 11.7 Å². The number of hydrogen-bond donors (Lipinski definition) is 4. The van der Waals surface area contributed by atoms with Gasteiger partial charge >= 0.3 is 0 Å². The zero-order valence-corrected chi connectivity index (χ0v) is 9.06. The highest BCUT2D eigenvalue weighted by molar-refractivity contribution is 6.05. The number of phenols is 2. The monoisotopic (exact) mass is 233 g/mol. The van der Waals surface area contributed by atoms with E-state index >= 15 is 0 Å². The number of aromatic amines is 1. The van der Waals surface area contributed by atoms with Crippen LogP contribution in [-0.4, -0.2) is 26.3 Å². The molecule has 0 aliphatic carbocycles. The van der Waals surface area contributed by atoms with E-state index in [4.69, 9.17) is 5.11 Å². The molecule has 0 radical (unpaired) electrons. The van der Waals surface area contributed by atoms with E-state index in [1.165, 1.54) is 12.1 Å². The lowest BCUT2D eigenvalue weighted by Gasteiger charge is -2.04. The van der Waals surface area contributed by atoms with Crippen LogP contribution in [0.15, 0.2) is 24.3 Å². The van der Waals surface area contributed by atoms with Crippen LogP contribution in [0.5, 0.6) is 11.5 Å². The normalized spacial score (nSPS) is 10.2. The van der Waals surface area contributed by atoms with Crippen molar-refractivity contribution in [2.24, 2.45) is 0 Å². The van der Waals surface area contributed by atoms with Crippen molar-refractivity contribution in [1.29, 1.82) is 0 Å². The highest BCUT2D eigenvalue weighted by Gasteiger charge is 2.12. The molecule has 4 N–H and O–H groups in total. The van der Waals surface area contributed by atoms with Crippen LogP contribution in [0.25, 0.3) is 0 Å². The van der Waals surface area contributed by atoms with Crippen molar-refractivity contribution in [2.75, 3.05) is 5.32 Å². The molecule has 2 rings (SSSR count). The zero-order valence-electron chi connectivity index (χ0n) is 9.06. The Morgan fingerprint density at radius 2 is 2.12 bits per heavy atom. The number of rotatable bonds is 2. The van der Waals surface area contributed by atoms with E-state index in [0.29, 0.717) is 5.82 Å². The Hall–Kier alpha value is -2.50. The molecule has 1 aromatic heterocycles. The summed E-state index contributed by atoms with van der Waals surface area (Å²) in [5.74, 6) is -0.501. The third kappa shape index (κ3) is 2.36. The van der Waals surface area contributed by atoms with Crippen LogP contribution in [0, 0.1) is 6.92 Å². The Kier molecular flexibility index (Phi) is 2.70. The second kappa shape index (κ2) is 4.17. The summed E-state index contributed by atoms with van der Waals surface area (Å²) in [6, 6.07) is 5.42. The number of carbonyl (C=O) groups is 1. The molecule has 0 bridgehead atoms. The van der Waals surface area contributed by atoms with E-state index in [2.05, 4.69) is 15.5 Å². The summed E-state index contributed by atoms with van der Waals surface area (Å²) in [5.41, 5.74) is 0.888. The average Bonchev–Trinajstić information content (AvgIpc) is 2.63. The maximum atomic E-state index is 11.7. The molecule has 0 atom stereocenters. The summed E-state index contributed by atoms with van der Waals surface area (Å²) in [6.45, 7) is 1.81. The zero-order chi connectivity index (χ0) is 12.4. The van der Waals surface area contributed by atoms with Gasteiger partial charge < -0.3 is 15.5 Å². The molecule has 17 heavy (non-hydrogen) atoms. The number of aryl methyl sites for hydroxylation is 1. The highest BCUT2D eigenvalue weighted by atomic mass is 16.3. The third-order valence-electron chi connectivity index (χ3n) is 2.17. The summed E-state index contributed by atoms with van der Waals surface area (Å²) < 4.78 is 0. The third-order valence-corrected chi connectivity index (χ3v) is 2.17. The van der Waals surface area contributed by atoms with Crippen LogP contribution in [0.4, 0.5) is 5.82 Å². The van der Waals surface area contributed by atoms with Crippen molar-refractivity contribution in [2.45, 2.75) is 6.92 Å². The molecule has 6 heteroatoms. The molecule has 0 saturated heterocycles. The molecule has 1 heterocycles. The number of anilines is 1. The van der Waals surface area contributed by atoms with Crippen molar-refractivity contribution in [1.82, 2.24) is 10.2 Å². The van der Waals surface area contributed by atoms with E-state index in [1.54, 1.807) is 13.0 Å². The standard InChI is InChI=1S/C11H11N3O3/c1-6-4-10(14-13-6)12-11(17)8-3-2-7(15)5-9(8)16/h2-5,15-16H,1H3,(H2,12,13,14,17). The Morgan fingerprint density at radius 3 is 2.71 bits per heavy atom. The Balaban J connectivity index is 2.20. The molecule has 0 spiro atoms. The first kappa shape index (κ1) is 11.0. The first-order valence-electron chi connectivity index (χ1n) is 4.91. The summed E-state index contributed by atoms with van der Waals surface area (Å²) in [6.07, 6.45) is 0. The van der Waals surface area contributed by atoms with Gasteiger partial charge in [-0.05, 0) is 19.1 Å². The lowest BCUT2D eigenvalue weighted by atomic mass is 10.2. The van der Waals surface area contributed by atoms with Gasteiger partial charge in [0, 0.05) is 17.8 Å². The van der Waals surface area contributed by atoms with Crippen molar-refractivity contribution in [3.63, 3.8) is 0 Å². The van der Waals surface area contributed by atoms with Crippen molar-refractivity contribution in [3.05, 3.63) is 35.5 Å². The van der Waals surface area contributed by atoms with Crippen LogP contribution >= 0.6 is 0 Å². The summed E-state index contributed by atoms with van der Waals surface area (Å²) in [7, 11) is 0. The minimum atomic E-state index is -0.492. The predicted octanol–water partition coefficient (Wildman–Crippen LogP) is 1.38. The van der Waals surface area contributed by atoms with Crippen LogP contribution in [0.2, 0.25) is 0 Å². The number of aromatic nitrogens is 2. The fraction of sp³-hybridized carbons (Fsp3) is 0.0909. The molecular weight excluding hydrogens is 222 g/mol. The number of phenolic OH excluding ortho intramolecular Hbond substituents is 2. The molecule has 0 saturated carbocycles. The fourth-order valence-corrected chi connectivity index (χ4v) is 1.38. The summed E-state index contributed by atoms with van der Waals surface area (Å²) in [5, 5.41) is 27.6. The first-order chi connectivity index (χ1) is 8.06. The first-order valence-corrected chi connectivity index (χ1v) is 4.91. The van der Waals surface area contributed by atoms with Gasteiger partial charge in [0.2, 0.25) is 0 Å². The van der Waals surface area contributed by atoms with Crippen molar-refractivity contribution < 1.29 is 15.0 Å². The van der Waals surface area contributed by atoms with Gasteiger partial charge in [-0.15, -0.1) is 0 Å². The summed E-state index contributed by atoms with van der Waals surface area (Å²) >= 11 is 0. The molecule has 2 aromatic rings. The molecular formula is C11H11N3O3. The second-order valence-electron chi connectivity index (χ2n) is 3.59. The van der Waals surface area contributed by atoms with E-state index in [1.807, 2.05) is 0 Å². The van der Waals surface area contributed by atoms with E-state index in [9.17, 15) is 9.90 Å².